The molecule has 0 aromatic rings. The van der Waals surface area contributed by atoms with E-state index in [1.165, 1.54) is 13.3 Å². The van der Waals surface area contributed by atoms with Gasteiger partial charge in [0.1, 0.15) is 11.9 Å². The summed E-state index contributed by atoms with van der Waals surface area (Å²) in [5.74, 6) is -4.19. The highest BCUT2D eigenvalue weighted by molar-refractivity contribution is 6.13. The molecule has 0 radical (unpaired) electrons. The molecule has 1 aliphatic heterocycles. The van der Waals surface area contributed by atoms with Crippen LogP contribution in [0, 0.1) is 22.7 Å². The average Bonchev–Trinajstić information content (AvgIpc) is 3.13. The average molecular weight is 526 g/mol. The number of methoxy groups -OCH3 is 1. The molecular weight excluding hydrogens is 490 g/mol. The molecule has 2 fully saturated rings. The fourth-order valence-electron chi connectivity index (χ4n) is 7.12. The highest BCUT2D eigenvalue weighted by atomic mass is 16.6. The van der Waals surface area contributed by atoms with E-state index in [0.717, 1.165) is 0 Å². The van der Waals surface area contributed by atoms with Crippen molar-refractivity contribution in [1.82, 2.24) is 4.90 Å². The molecule has 0 aromatic carbocycles. The standard InChI is InChI=1S/C29H35NO8/c1-6-10-30(11-7-2)14-17-24-26(35)25(34)22-18-8-9-19(31)28(18,3)13-16(12-21(32)33)23(22)29(24,4)20(15-37-5)38-27(17)36/h6-7,14,16,18,20,35H,1-2,8-13,15H2,3-5H3,(H,32,33)/b17-14-/t16-,18-,20+,28-,29+/m0/s1. The molecule has 4 rings (SSSR count). The first-order valence-corrected chi connectivity index (χ1v) is 12.8. The lowest BCUT2D eigenvalue weighted by Crippen LogP contribution is -2.55. The number of aliphatic hydroxyl groups is 1. The number of fused-ring (bicyclic) bond motifs is 4. The number of ketones is 2. The van der Waals surface area contributed by atoms with Gasteiger partial charge >= 0.3 is 11.9 Å². The summed E-state index contributed by atoms with van der Waals surface area (Å²) in [5, 5.41) is 21.4. The maximum absolute atomic E-state index is 14.0. The molecule has 1 heterocycles. The minimum Gasteiger partial charge on any atom is -0.504 e. The van der Waals surface area contributed by atoms with Crippen LogP contribution in [0.2, 0.25) is 0 Å². The molecule has 0 amide bonds. The van der Waals surface area contributed by atoms with Crippen molar-refractivity contribution in [3.8, 4) is 0 Å². The topological polar surface area (TPSA) is 130 Å². The summed E-state index contributed by atoms with van der Waals surface area (Å²) in [7, 11) is 1.45. The number of hydrogen-bond acceptors (Lipinski definition) is 8. The van der Waals surface area contributed by atoms with Crippen LogP contribution in [-0.2, 0) is 28.7 Å². The number of carbonyl (C=O) groups is 4. The van der Waals surface area contributed by atoms with Crippen molar-refractivity contribution in [2.75, 3.05) is 26.8 Å². The summed E-state index contributed by atoms with van der Waals surface area (Å²) in [6.45, 7) is 11.7. The van der Waals surface area contributed by atoms with Crippen molar-refractivity contribution in [3.05, 3.63) is 59.6 Å². The van der Waals surface area contributed by atoms with E-state index in [0.29, 0.717) is 25.1 Å². The number of aliphatic hydroxyl groups excluding tert-OH is 1. The fourth-order valence-corrected chi connectivity index (χ4v) is 7.12. The van der Waals surface area contributed by atoms with E-state index < -0.39 is 52.3 Å². The van der Waals surface area contributed by atoms with E-state index in [1.807, 2.05) is 0 Å². The number of carbonyl (C=O) groups excluding carboxylic acids is 3. The van der Waals surface area contributed by atoms with E-state index in [1.54, 1.807) is 30.9 Å². The van der Waals surface area contributed by atoms with Gasteiger partial charge < -0.3 is 24.6 Å². The summed E-state index contributed by atoms with van der Waals surface area (Å²) >= 11 is 0. The number of carboxylic acids is 1. The highest BCUT2D eigenvalue weighted by Gasteiger charge is 2.63. The first-order chi connectivity index (χ1) is 17.9. The van der Waals surface area contributed by atoms with Crippen molar-refractivity contribution < 1.29 is 38.9 Å². The Balaban J connectivity index is 2.02. The molecule has 3 aliphatic carbocycles. The largest absolute Gasteiger partial charge is 0.504 e. The third-order valence-corrected chi connectivity index (χ3v) is 8.72. The van der Waals surface area contributed by atoms with Crippen LogP contribution in [0.25, 0.3) is 0 Å². The number of rotatable bonds is 9. The molecule has 1 saturated carbocycles. The molecule has 2 N–H and O–H groups in total. The molecule has 38 heavy (non-hydrogen) atoms. The van der Waals surface area contributed by atoms with Gasteiger partial charge in [0.15, 0.2) is 5.76 Å². The van der Waals surface area contributed by atoms with Gasteiger partial charge in [-0.2, -0.15) is 0 Å². The highest BCUT2D eigenvalue weighted by Crippen LogP contribution is 2.63. The van der Waals surface area contributed by atoms with Gasteiger partial charge in [0.25, 0.3) is 0 Å². The number of esters is 1. The van der Waals surface area contributed by atoms with Crippen LogP contribution in [0.15, 0.2) is 59.6 Å². The molecule has 0 unspecified atom stereocenters. The van der Waals surface area contributed by atoms with Crippen LogP contribution in [0.3, 0.4) is 0 Å². The van der Waals surface area contributed by atoms with Crippen molar-refractivity contribution in [2.45, 2.75) is 45.6 Å². The number of carboxylic acid groups (broad SMARTS) is 1. The predicted molar refractivity (Wildman–Crippen MR) is 138 cm³/mol. The number of nitrogens with zero attached hydrogens (tertiary/aromatic N) is 1. The van der Waals surface area contributed by atoms with Crippen LogP contribution in [0.5, 0.6) is 0 Å². The minimum absolute atomic E-state index is 0.00543. The summed E-state index contributed by atoms with van der Waals surface area (Å²) in [6.07, 6.45) is 4.53. The lowest BCUT2D eigenvalue weighted by atomic mass is 9.51. The summed E-state index contributed by atoms with van der Waals surface area (Å²) in [4.78, 5) is 54.1. The Morgan fingerprint density at radius 3 is 2.45 bits per heavy atom. The van der Waals surface area contributed by atoms with E-state index in [2.05, 4.69) is 13.2 Å². The van der Waals surface area contributed by atoms with E-state index in [4.69, 9.17) is 9.47 Å². The number of hydrogen-bond donors (Lipinski definition) is 2. The maximum Gasteiger partial charge on any atom is 0.340 e. The minimum atomic E-state index is -1.26. The Bertz CT molecular complexity index is 1200. The third kappa shape index (κ3) is 4.04. The second-order valence-electron chi connectivity index (χ2n) is 10.9. The fraction of sp³-hybridized carbons (Fsp3) is 0.517. The Hall–Kier alpha value is -3.46. The van der Waals surface area contributed by atoms with Gasteiger partial charge in [-0.25, -0.2) is 4.79 Å². The zero-order valence-electron chi connectivity index (χ0n) is 22.1. The predicted octanol–water partition coefficient (Wildman–Crippen LogP) is 3.29. The molecule has 0 bridgehead atoms. The molecule has 9 nitrogen and oxygen atoms in total. The van der Waals surface area contributed by atoms with Gasteiger partial charge in [0.2, 0.25) is 5.78 Å². The maximum atomic E-state index is 14.0. The third-order valence-electron chi connectivity index (χ3n) is 8.72. The Labute approximate surface area is 222 Å². The Morgan fingerprint density at radius 2 is 1.87 bits per heavy atom. The van der Waals surface area contributed by atoms with Gasteiger partial charge in [0, 0.05) is 55.3 Å². The second kappa shape index (κ2) is 10.0. The lowest BCUT2D eigenvalue weighted by molar-refractivity contribution is -0.157. The van der Waals surface area contributed by atoms with Crippen LogP contribution in [0.4, 0.5) is 0 Å². The lowest BCUT2D eigenvalue weighted by Gasteiger charge is -2.53. The number of ether oxygens (including phenoxy) is 2. The first kappa shape index (κ1) is 27.6. The molecule has 4 aliphatic rings. The summed E-state index contributed by atoms with van der Waals surface area (Å²) in [5.41, 5.74) is -1.26. The SMILES string of the molecule is C=CCN(/C=C1\C(=O)O[C@H](COC)[C@@]2(C)C1=C(O)C(=O)C1=C2[C@@H](CC(=O)O)C[C@]2(C)C(=O)CC[C@@H]12)CC=C. The van der Waals surface area contributed by atoms with E-state index in [9.17, 15) is 29.4 Å². The second-order valence-corrected chi connectivity index (χ2v) is 10.9. The van der Waals surface area contributed by atoms with Crippen LogP contribution in [0.1, 0.15) is 39.5 Å². The Morgan fingerprint density at radius 1 is 1.21 bits per heavy atom. The molecular formula is C29H35NO8. The molecule has 1 saturated heterocycles. The van der Waals surface area contributed by atoms with Crippen molar-refractivity contribution in [2.24, 2.45) is 22.7 Å². The van der Waals surface area contributed by atoms with Gasteiger partial charge in [-0.1, -0.05) is 19.1 Å². The van der Waals surface area contributed by atoms with E-state index >= 15 is 0 Å². The molecule has 0 spiro atoms. The van der Waals surface area contributed by atoms with Gasteiger partial charge in [-0.3, -0.25) is 14.4 Å². The smallest absolute Gasteiger partial charge is 0.340 e. The zero-order valence-corrected chi connectivity index (χ0v) is 22.1. The van der Waals surface area contributed by atoms with Crippen molar-refractivity contribution in [3.63, 3.8) is 0 Å². The normalized spacial score (nSPS) is 33.5. The van der Waals surface area contributed by atoms with Crippen molar-refractivity contribution in [1.29, 1.82) is 0 Å². The van der Waals surface area contributed by atoms with Crippen LogP contribution >= 0.6 is 0 Å². The molecule has 9 heteroatoms. The van der Waals surface area contributed by atoms with Crippen molar-refractivity contribution >= 4 is 23.5 Å². The number of allylic oxidation sites excluding steroid dienone is 1. The van der Waals surface area contributed by atoms with Gasteiger partial charge in [0.05, 0.1) is 24.0 Å². The molecule has 5 atom stereocenters. The number of Topliss-reactive ketones (excluding diaryl/α,β-unsaturated/α-hetero) is 2. The molecule has 204 valence electrons. The summed E-state index contributed by atoms with van der Waals surface area (Å²) < 4.78 is 11.3. The monoisotopic (exact) mass is 525 g/mol. The number of aliphatic carboxylic acids is 1. The zero-order chi connectivity index (χ0) is 28.0. The van der Waals surface area contributed by atoms with Gasteiger partial charge in [-0.15, -0.1) is 13.2 Å². The molecule has 0 aromatic heterocycles. The summed E-state index contributed by atoms with van der Waals surface area (Å²) in [6, 6.07) is 0. The van der Waals surface area contributed by atoms with Crippen LogP contribution in [-0.4, -0.2) is 71.5 Å². The van der Waals surface area contributed by atoms with Gasteiger partial charge in [-0.05, 0) is 31.3 Å². The number of cyclic esters (lactones) is 1. The van der Waals surface area contributed by atoms with Crippen LogP contribution < -0.4 is 0 Å². The quantitative estimate of drug-likeness (QED) is 0.264. The first-order valence-electron chi connectivity index (χ1n) is 12.8. The Kier molecular flexibility index (Phi) is 7.27. The van der Waals surface area contributed by atoms with E-state index in [-0.39, 0.29) is 48.4 Å².